The molecule has 2 aromatic carbocycles. The number of furan rings is 1. The number of para-hydroxylation sites is 1. The first kappa shape index (κ1) is 10.7. The van der Waals surface area contributed by atoms with Crippen LogP contribution in [0.2, 0.25) is 10.0 Å². The van der Waals surface area contributed by atoms with Gasteiger partial charge >= 0.3 is 0 Å². The number of hydrogen-bond acceptors (Lipinski definition) is 1. The lowest BCUT2D eigenvalue weighted by atomic mass is 10.1. The van der Waals surface area contributed by atoms with Gasteiger partial charge in [-0.25, -0.2) is 0 Å². The van der Waals surface area contributed by atoms with Crippen molar-refractivity contribution in [2.24, 2.45) is 0 Å². The van der Waals surface area contributed by atoms with Crippen molar-refractivity contribution >= 4 is 67.7 Å². The van der Waals surface area contributed by atoms with Crippen molar-refractivity contribution < 1.29 is 4.42 Å². The summed E-state index contributed by atoms with van der Waals surface area (Å²) in [5, 5.41) is 3.21. The molecule has 3 rings (SSSR count). The number of hydrogen-bond donors (Lipinski definition) is 0. The zero-order valence-electron chi connectivity index (χ0n) is 7.93. The van der Waals surface area contributed by atoms with E-state index in [-0.39, 0.29) is 0 Å². The Kier molecular flexibility index (Phi) is 2.53. The molecule has 0 aliphatic carbocycles. The molecule has 0 spiro atoms. The lowest BCUT2D eigenvalue weighted by Crippen LogP contribution is -1.77. The number of rotatable bonds is 0. The average molecular weight is 363 g/mol. The van der Waals surface area contributed by atoms with Crippen molar-refractivity contribution in [2.45, 2.75) is 0 Å². The zero-order chi connectivity index (χ0) is 11.3. The van der Waals surface area contributed by atoms with Crippen molar-refractivity contribution in [3.8, 4) is 0 Å². The standard InChI is InChI=1S/C12H5Cl2IO/c13-7-5-8(14)11(15)12-10(7)6-3-1-2-4-9(6)16-12/h1-5H. The van der Waals surface area contributed by atoms with Crippen LogP contribution in [0.15, 0.2) is 34.7 Å². The van der Waals surface area contributed by atoms with Crippen LogP contribution in [-0.4, -0.2) is 0 Å². The first-order valence-corrected chi connectivity index (χ1v) is 6.46. The SMILES string of the molecule is Clc1cc(Cl)c2c(oc3ccccc32)c1I. The van der Waals surface area contributed by atoms with E-state index < -0.39 is 0 Å². The number of benzene rings is 2. The van der Waals surface area contributed by atoms with Crippen LogP contribution in [0.3, 0.4) is 0 Å². The maximum absolute atomic E-state index is 6.21. The van der Waals surface area contributed by atoms with Crippen LogP contribution in [0, 0.1) is 3.57 Å². The largest absolute Gasteiger partial charge is 0.455 e. The molecule has 0 aliphatic rings. The molecule has 1 heterocycles. The van der Waals surface area contributed by atoms with E-state index >= 15 is 0 Å². The molecule has 0 unspecified atom stereocenters. The van der Waals surface area contributed by atoms with Crippen LogP contribution in [-0.2, 0) is 0 Å². The fourth-order valence-electron chi connectivity index (χ4n) is 1.79. The Morgan fingerprint density at radius 3 is 2.62 bits per heavy atom. The highest BCUT2D eigenvalue weighted by Gasteiger charge is 2.15. The smallest absolute Gasteiger partial charge is 0.151 e. The van der Waals surface area contributed by atoms with Gasteiger partial charge in [0.15, 0.2) is 5.58 Å². The number of halogens is 3. The molecule has 80 valence electrons. The summed E-state index contributed by atoms with van der Waals surface area (Å²) in [6.07, 6.45) is 0. The van der Waals surface area contributed by atoms with Crippen molar-refractivity contribution in [3.05, 3.63) is 43.9 Å². The molecule has 0 fully saturated rings. The molecular formula is C12H5Cl2IO. The van der Waals surface area contributed by atoms with E-state index in [0.717, 1.165) is 25.5 Å². The summed E-state index contributed by atoms with van der Waals surface area (Å²) in [7, 11) is 0. The molecule has 16 heavy (non-hydrogen) atoms. The van der Waals surface area contributed by atoms with Crippen LogP contribution in [0.25, 0.3) is 21.9 Å². The van der Waals surface area contributed by atoms with Gasteiger partial charge in [-0.1, -0.05) is 41.4 Å². The first-order valence-electron chi connectivity index (χ1n) is 4.63. The molecule has 0 bridgehead atoms. The predicted octanol–water partition coefficient (Wildman–Crippen LogP) is 5.50. The normalized spacial score (nSPS) is 11.4. The fraction of sp³-hybridized carbons (Fsp3) is 0. The van der Waals surface area contributed by atoms with Gasteiger partial charge in [0.05, 0.1) is 13.6 Å². The van der Waals surface area contributed by atoms with Gasteiger partial charge in [-0.15, -0.1) is 0 Å². The van der Waals surface area contributed by atoms with E-state index in [1.807, 2.05) is 24.3 Å². The Morgan fingerprint density at radius 2 is 1.81 bits per heavy atom. The highest BCUT2D eigenvalue weighted by Crippen LogP contribution is 2.39. The van der Waals surface area contributed by atoms with Gasteiger partial charge in [-0.2, -0.15) is 0 Å². The molecule has 0 N–H and O–H groups in total. The third kappa shape index (κ3) is 1.44. The number of fused-ring (bicyclic) bond motifs is 3. The molecule has 0 atom stereocenters. The summed E-state index contributed by atoms with van der Waals surface area (Å²) < 4.78 is 6.67. The summed E-state index contributed by atoms with van der Waals surface area (Å²) in [6, 6.07) is 9.59. The van der Waals surface area contributed by atoms with Crippen LogP contribution in [0.4, 0.5) is 0 Å². The zero-order valence-corrected chi connectivity index (χ0v) is 11.6. The van der Waals surface area contributed by atoms with Crippen molar-refractivity contribution in [1.29, 1.82) is 0 Å². The Morgan fingerprint density at radius 1 is 1.06 bits per heavy atom. The molecule has 3 aromatic rings. The van der Waals surface area contributed by atoms with E-state index in [0.29, 0.717) is 10.0 Å². The summed E-state index contributed by atoms with van der Waals surface area (Å²) in [6.45, 7) is 0. The van der Waals surface area contributed by atoms with Crippen molar-refractivity contribution in [3.63, 3.8) is 0 Å². The monoisotopic (exact) mass is 362 g/mol. The second-order valence-electron chi connectivity index (χ2n) is 3.46. The molecule has 0 radical (unpaired) electrons. The van der Waals surface area contributed by atoms with Gasteiger partial charge in [0.1, 0.15) is 5.58 Å². The minimum absolute atomic E-state index is 0.622. The predicted molar refractivity (Wildman–Crippen MR) is 76.5 cm³/mol. The third-order valence-corrected chi connectivity index (χ3v) is 4.48. The summed E-state index contributed by atoms with van der Waals surface area (Å²) in [5.41, 5.74) is 1.60. The highest BCUT2D eigenvalue weighted by molar-refractivity contribution is 14.1. The Balaban J connectivity index is 2.64. The minimum atomic E-state index is 0.622. The van der Waals surface area contributed by atoms with Gasteiger partial charge in [0.25, 0.3) is 0 Å². The van der Waals surface area contributed by atoms with Crippen molar-refractivity contribution in [1.82, 2.24) is 0 Å². The van der Waals surface area contributed by atoms with Crippen LogP contribution < -0.4 is 0 Å². The maximum Gasteiger partial charge on any atom is 0.151 e. The molecular weight excluding hydrogens is 358 g/mol. The average Bonchev–Trinajstić information content (AvgIpc) is 2.65. The lowest BCUT2D eigenvalue weighted by molar-refractivity contribution is 0.666. The highest BCUT2D eigenvalue weighted by atomic mass is 127. The van der Waals surface area contributed by atoms with E-state index in [4.69, 9.17) is 27.6 Å². The van der Waals surface area contributed by atoms with Crippen LogP contribution in [0.1, 0.15) is 0 Å². The van der Waals surface area contributed by atoms with E-state index in [1.54, 1.807) is 6.07 Å². The van der Waals surface area contributed by atoms with Gasteiger partial charge in [0.2, 0.25) is 0 Å². The summed E-state index contributed by atoms with van der Waals surface area (Å²) >= 11 is 14.4. The molecule has 1 nitrogen and oxygen atoms in total. The lowest BCUT2D eigenvalue weighted by Gasteiger charge is -1.99. The van der Waals surface area contributed by atoms with Crippen LogP contribution in [0.5, 0.6) is 0 Å². The van der Waals surface area contributed by atoms with E-state index in [1.165, 1.54) is 0 Å². The molecule has 0 saturated heterocycles. The Bertz CT molecular complexity index is 703. The maximum atomic E-state index is 6.21. The van der Waals surface area contributed by atoms with Gasteiger partial charge in [0, 0.05) is 10.8 Å². The van der Waals surface area contributed by atoms with E-state index in [2.05, 4.69) is 22.6 Å². The molecule has 0 amide bonds. The second-order valence-corrected chi connectivity index (χ2v) is 5.35. The van der Waals surface area contributed by atoms with Gasteiger partial charge < -0.3 is 4.42 Å². The van der Waals surface area contributed by atoms with Gasteiger partial charge in [-0.05, 0) is 34.7 Å². The second kappa shape index (κ2) is 3.79. The Hall–Kier alpha value is -0.450. The topological polar surface area (TPSA) is 13.1 Å². The third-order valence-electron chi connectivity index (χ3n) is 2.50. The van der Waals surface area contributed by atoms with Gasteiger partial charge in [-0.3, -0.25) is 0 Å². The first-order chi connectivity index (χ1) is 7.68. The molecule has 4 heteroatoms. The Labute approximate surface area is 115 Å². The van der Waals surface area contributed by atoms with Crippen LogP contribution >= 0.6 is 45.8 Å². The molecule has 1 aromatic heterocycles. The molecule has 0 saturated carbocycles. The van der Waals surface area contributed by atoms with E-state index in [9.17, 15) is 0 Å². The quantitative estimate of drug-likeness (QED) is 0.380. The summed E-state index contributed by atoms with van der Waals surface area (Å²) in [4.78, 5) is 0. The van der Waals surface area contributed by atoms with Crippen molar-refractivity contribution in [2.75, 3.05) is 0 Å². The minimum Gasteiger partial charge on any atom is -0.455 e. The molecule has 0 aliphatic heterocycles. The fourth-order valence-corrected chi connectivity index (χ4v) is 2.88. The summed E-state index contributed by atoms with van der Waals surface area (Å²) in [5.74, 6) is 0.